The zero-order valence-electron chi connectivity index (χ0n) is 10.4. The van der Waals surface area contributed by atoms with Crippen LogP contribution in [0.3, 0.4) is 0 Å². The molecule has 0 aliphatic carbocycles. The highest BCUT2D eigenvalue weighted by Crippen LogP contribution is 2.26. The molecule has 0 saturated carbocycles. The van der Waals surface area contributed by atoms with Crippen LogP contribution in [0.1, 0.15) is 18.4 Å². The minimum absolute atomic E-state index is 0.00564. The molecule has 0 aliphatic heterocycles. The predicted molar refractivity (Wildman–Crippen MR) is 69.1 cm³/mol. The highest BCUT2D eigenvalue weighted by atomic mass is 35.5. The SMILES string of the molecule is COCC(F)(CCCN)Cc1ccc(F)c(Cl)c1. The van der Waals surface area contributed by atoms with E-state index in [1.165, 1.54) is 25.3 Å². The van der Waals surface area contributed by atoms with Crippen molar-refractivity contribution in [3.05, 3.63) is 34.6 Å². The highest BCUT2D eigenvalue weighted by Gasteiger charge is 2.29. The molecule has 1 aromatic rings. The highest BCUT2D eigenvalue weighted by molar-refractivity contribution is 6.30. The smallest absolute Gasteiger partial charge is 0.141 e. The number of benzene rings is 1. The van der Waals surface area contributed by atoms with Crippen molar-refractivity contribution in [2.45, 2.75) is 24.9 Å². The van der Waals surface area contributed by atoms with Crippen LogP contribution in [0.2, 0.25) is 5.02 Å². The molecule has 0 heterocycles. The third-order valence-corrected chi connectivity index (χ3v) is 3.03. The Balaban J connectivity index is 2.78. The maximum Gasteiger partial charge on any atom is 0.141 e. The third kappa shape index (κ3) is 4.52. The number of hydrogen-bond acceptors (Lipinski definition) is 2. The van der Waals surface area contributed by atoms with E-state index in [4.69, 9.17) is 22.1 Å². The number of halogens is 3. The Morgan fingerprint density at radius 1 is 1.44 bits per heavy atom. The van der Waals surface area contributed by atoms with Gasteiger partial charge in [-0.3, -0.25) is 0 Å². The molecule has 1 rings (SSSR count). The fraction of sp³-hybridized carbons (Fsp3) is 0.538. The fourth-order valence-electron chi connectivity index (χ4n) is 1.90. The number of alkyl halides is 1. The van der Waals surface area contributed by atoms with Crippen LogP contribution in [0.5, 0.6) is 0 Å². The molecule has 0 radical (unpaired) electrons. The molecule has 0 fully saturated rings. The van der Waals surface area contributed by atoms with Crippen molar-refractivity contribution in [2.24, 2.45) is 5.73 Å². The van der Waals surface area contributed by atoms with Crippen LogP contribution in [-0.2, 0) is 11.2 Å². The number of ether oxygens (including phenoxy) is 1. The molecule has 2 N–H and O–H groups in total. The Morgan fingerprint density at radius 2 is 2.17 bits per heavy atom. The zero-order valence-corrected chi connectivity index (χ0v) is 11.1. The topological polar surface area (TPSA) is 35.2 Å². The first-order chi connectivity index (χ1) is 8.50. The quantitative estimate of drug-likeness (QED) is 0.831. The summed E-state index contributed by atoms with van der Waals surface area (Å²) >= 11 is 5.68. The van der Waals surface area contributed by atoms with Gasteiger partial charge in [0.25, 0.3) is 0 Å². The van der Waals surface area contributed by atoms with E-state index in [0.29, 0.717) is 24.9 Å². The molecule has 0 aromatic heterocycles. The molecule has 102 valence electrons. The van der Waals surface area contributed by atoms with Crippen molar-refractivity contribution < 1.29 is 13.5 Å². The molecule has 0 amide bonds. The molecule has 1 atom stereocenters. The maximum atomic E-state index is 14.6. The second-order valence-electron chi connectivity index (χ2n) is 4.40. The lowest BCUT2D eigenvalue weighted by molar-refractivity contribution is 0.0334. The van der Waals surface area contributed by atoms with Crippen molar-refractivity contribution >= 4 is 11.6 Å². The Bertz CT molecular complexity index is 389. The van der Waals surface area contributed by atoms with Crippen molar-refractivity contribution in [1.29, 1.82) is 0 Å². The Hall–Kier alpha value is -0.710. The van der Waals surface area contributed by atoms with Crippen LogP contribution in [0, 0.1) is 5.82 Å². The molecule has 5 heteroatoms. The van der Waals surface area contributed by atoms with Crippen molar-refractivity contribution in [1.82, 2.24) is 0 Å². The van der Waals surface area contributed by atoms with Gasteiger partial charge in [-0.2, -0.15) is 0 Å². The summed E-state index contributed by atoms with van der Waals surface area (Å²) in [7, 11) is 1.45. The third-order valence-electron chi connectivity index (χ3n) is 2.74. The predicted octanol–water partition coefficient (Wildman–Crippen LogP) is 3.12. The largest absolute Gasteiger partial charge is 0.381 e. The molecule has 2 nitrogen and oxygen atoms in total. The van der Waals surface area contributed by atoms with E-state index in [0.717, 1.165) is 0 Å². The first kappa shape index (κ1) is 15.3. The number of methoxy groups -OCH3 is 1. The average molecular weight is 278 g/mol. The van der Waals surface area contributed by atoms with Gasteiger partial charge < -0.3 is 10.5 Å². The van der Waals surface area contributed by atoms with E-state index in [1.807, 2.05) is 0 Å². The summed E-state index contributed by atoms with van der Waals surface area (Å²) in [6.45, 7) is 0.418. The molecule has 1 unspecified atom stereocenters. The van der Waals surface area contributed by atoms with E-state index >= 15 is 0 Å². The van der Waals surface area contributed by atoms with Crippen molar-refractivity contribution in [3.8, 4) is 0 Å². The van der Waals surface area contributed by atoms with Gasteiger partial charge in [-0.05, 0) is 37.1 Å². The lowest BCUT2D eigenvalue weighted by Crippen LogP contribution is -2.32. The van der Waals surface area contributed by atoms with Gasteiger partial charge in [0.2, 0.25) is 0 Å². The van der Waals surface area contributed by atoms with Gasteiger partial charge in [-0.25, -0.2) is 8.78 Å². The van der Waals surface area contributed by atoms with E-state index in [1.54, 1.807) is 0 Å². The summed E-state index contributed by atoms with van der Waals surface area (Å²) in [5.74, 6) is -0.501. The Labute approximate surface area is 111 Å². The summed E-state index contributed by atoms with van der Waals surface area (Å²) in [5.41, 5.74) is 4.55. The van der Waals surface area contributed by atoms with Crippen LogP contribution >= 0.6 is 11.6 Å². The second kappa shape index (κ2) is 7.02. The van der Waals surface area contributed by atoms with Crippen LogP contribution in [0.25, 0.3) is 0 Å². The summed E-state index contributed by atoms with van der Waals surface area (Å²) < 4.78 is 32.5. The summed E-state index contributed by atoms with van der Waals surface area (Å²) in [5, 5.41) is 0.00564. The van der Waals surface area contributed by atoms with Crippen LogP contribution in [-0.4, -0.2) is 25.9 Å². The monoisotopic (exact) mass is 277 g/mol. The average Bonchev–Trinajstić information content (AvgIpc) is 2.32. The van der Waals surface area contributed by atoms with E-state index < -0.39 is 11.5 Å². The van der Waals surface area contributed by atoms with Crippen molar-refractivity contribution in [3.63, 3.8) is 0 Å². The standard InChI is InChI=1S/C13H18ClF2NO/c1-18-9-13(16,5-2-6-17)8-10-3-4-12(15)11(14)7-10/h3-4,7H,2,5-6,8-9,17H2,1H3. The molecular formula is C13H18ClF2NO. The van der Waals surface area contributed by atoms with E-state index in [2.05, 4.69) is 0 Å². The minimum Gasteiger partial charge on any atom is -0.381 e. The minimum atomic E-state index is -1.49. The van der Waals surface area contributed by atoms with Crippen molar-refractivity contribution in [2.75, 3.05) is 20.3 Å². The first-order valence-corrected chi connectivity index (χ1v) is 6.20. The number of hydrogen-bond donors (Lipinski definition) is 1. The first-order valence-electron chi connectivity index (χ1n) is 5.82. The normalized spacial score (nSPS) is 14.5. The van der Waals surface area contributed by atoms with Gasteiger partial charge in [-0.1, -0.05) is 17.7 Å². The second-order valence-corrected chi connectivity index (χ2v) is 4.81. The van der Waals surface area contributed by atoms with Gasteiger partial charge in [0.1, 0.15) is 11.5 Å². The molecule has 0 spiro atoms. The fourth-order valence-corrected chi connectivity index (χ4v) is 2.11. The number of nitrogens with two attached hydrogens (primary N) is 1. The molecule has 0 saturated heterocycles. The van der Waals surface area contributed by atoms with Gasteiger partial charge in [0.15, 0.2) is 0 Å². The van der Waals surface area contributed by atoms with Gasteiger partial charge >= 0.3 is 0 Å². The molecule has 18 heavy (non-hydrogen) atoms. The zero-order chi connectivity index (χ0) is 13.6. The van der Waals surface area contributed by atoms with E-state index in [-0.39, 0.29) is 18.1 Å². The van der Waals surface area contributed by atoms with Gasteiger partial charge in [-0.15, -0.1) is 0 Å². The molecule has 0 bridgehead atoms. The van der Waals surface area contributed by atoms with E-state index in [9.17, 15) is 8.78 Å². The van der Waals surface area contributed by atoms with Gasteiger partial charge in [0, 0.05) is 13.5 Å². The lowest BCUT2D eigenvalue weighted by atomic mass is 9.92. The summed E-state index contributed by atoms with van der Waals surface area (Å²) in [4.78, 5) is 0. The van der Waals surface area contributed by atoms with Crippen LogP contribution in [0.15, 0.2) is 18.2 Å². The summed E-state index contributed by atoms with van der Waals surface area (Å²) in [6.07, 6.45) is 1.03. The summed E-state index contributed by atoms with van der Waals surface area (Å²) in [6, 6.07) is 4.23. The van der Waals surface area contributed by atoms with Gasteiger partial charge in [0.05, 0.1) is 11.6 Å². The lowest BCUT2D eigenvalue weighted by Gasteiger charge is -2.24. The number of rotatable bonds is 7. The molecule has 1 aromatic carbocycles. The Kier molecular flexibility index (Phi) is 5.99. The van der Waals surface area contributed by atoms with Crippen LogP contribution < -0.4 is 5.73 Å². The maximum absolute atomic E-state index is 14.6. The van der Waals surface area contributed by atoms with Crippen LogP contribution in [0.4, 0.5) is 8.78 Å². The molecular weight excluding hydrogens is 260 g/mol. The molecule has 0 aliphatic rings. The Morgan fingerprint density at radius 3 is 2.72 bits per heavy atom.